The van der Waals surface area contributed by atoms with Crippen molar-refractivity contribution in [2.24, 2.45) is 17.6 Å². The molecule has 3 heteroatoms. The van der Waals surface area contributed by atoms with Crippen LogP contribution >= 0.6 is 0 Å². The Kier molecular flexibility index (Phi) is 1.90. The molecule has 1 heterocycles. The number of fused-ring (bicyclic) bond motifs is 1. The van der Waals surface area contributed by atoms with Crippen LogP contribution in [-0.2, 0) is 4.74 Å². The molecular weight excluding hydrogens is 152 g/mol. The first-order chi connectivity index (χ1) is 5.62. The Morgan fingerprint density at radius 3 is 2.83 bits per heavy atom. The van der Waals surface area contributed by atoms with Gasteiger partial charge in [0.05, 0.1) is 6.61 Å². The van der Waals surface area contributed by atoms with E-state index in [1.165, 1.54) is 6.42 Å². The summed E-state index contributed by atoms with van der Waals surface area (Å²) in [5.74, 6) is 1.40. The lowest BCUT2D eigenvalue weighted by molar-refractivity contribution is -0.0197. The molecule has 3 N–H and O–H groups in total. The molecule has 0 bridgehead atoms. The van der Waals surface area contributed by atoms with Gasteiger partial charge in [0.2, 0.25) is 0 Å². The van der Waals surface area contributed by atoms with Crippen molar-refractivity contribution >= 4 is 0 Å². The maximum absolute atomic E-state index is 6.11. The summed E-state index contributed by atoms with van der Waals surface area (Å²) in [6.45, 7) is 5.93. The maximum atomic E-state index is 6.11. The maximum Gasteiger partial charge on any atom is 0.132 e. The van der Waals surface area contributed by atoms with Crippen molar-refractivity contribution in [1.29, 1.82) is 0 Å². The zero-order valence-electron chi connectivity index (χ0n) is 7.84. The Balaban J connectivity index is 1.85. The third kappa shape index (κ3) is 1.37. The molecule has 1 saturated heterocycles. The van der Waals surface area contributed by atoms with Crippen molar-refractivity contribution in [2.75, 3.05) is 13.2 Å². The smallest absolute Gasteiger partial charge is 0.132 e. The largest absolute Gasteiger partial charge is 0.359 e. The van der Waals surface area contributed by atoms with E-state index < -0.39 is 0 Å². The van der Waals surface area contributed by atoms with Gasteiger partial charge in [-0.2, -0.15) is 0 Å². The molecule has 3 unspecified atom stereocenters. The van der Waals surface area contributed by atoms with Crippen LogP contribution in [0.15, 0.2) is 0 Å². The van der Waals surface area contributed by atoms with Gasteiger partial charge in [0.1, 0.15) is 5.72 Å². The van der Waals surface area contributed by atoms with Gasteiger partial charge in [0, 0.05) is 18.5 Å². The summed E-state index contributed by atoms with van der Waals surface area (Å²) in [5.41, 5.74) is 5.76. The Labute approximate surface area is 73.7 Å². The van der Waals surface area contributed by atoms with Gasteiger partial charge in [-0.3, -0.25) is 0 Å². The highest BCUT2D eigenvalue weighted by Gasteiger charge is 2.57. The first kappa shape index (κ1) is 8.48. The average molecular weight is 170 g/mol. The molecule has 3 nitrogen and oxygen atoms in total. The van der Waals surface area contributed by atoms with Crippen LogP contribution < -0.4 is 11.1 Å². The molecule has 2 rings (SSSR count). The van der Waals surface area contributed by atoms with Crippen LogP contribution in [0.1, 0.15) is 20.3 Å². The van der Waals surface area contributed by atoms with Crippen LogP contribution in [0.4, 0.5) is 0 Å². The Bertz CT molecular complexity index is 183. The Morgan fingerprint density at radius 1 is 1.67 bits per heavy atom. The van der Waals surface area contributed by atoms with Crippen molar-refractivity contribution in [1.82, 2.24) is 5.32 Å². The molecule has 1 aliphatic carbocycles. The predicted octanol–water partition coefficient (Wildman–Crippen LogP) is 0.306. The molecule has 2 fully saturated rings. The third-order valence-electron chi connectivity index (χ3n) is 2.90. The van der Waals surface area contributed by atoms with E-state index in [1.54, 1.807) is 0 Å². The van der Waals surface area contributed by atoms with Crippen LogP contribution in [-0.4, -0.2) is 24.9 Å². The monoisotopic (exact) mass is 170 g/mol. The molecular formula is C9H18N2O. The van der Waals surface area contributed by atoms with E-state index in [-0.39, 0.29) is 5.72 Å². The predicted molar refractivity (Wildman–Crippen MR) is 47.6 cm³/mol. The van der Waals surface area contributed by atoms with Gasteiger partial charge in [-0.1, -0.05) is 13.8 Å². The first-order valence-corrected chi connectivity index (χ1v) is 4.78. The summed E-state index contributed by atoms with van der Waals surface area (Å²) in [4.78, 5) is 0. The quantitative estimate of drug-likeness (QED) is 0.640. The van der Waals surface area contributed by atoms with Crippen molar-refractivity contribution in [3.63, 3.8) is 0 Å². The zero-order valence-corrected chi connectivity index (χ0v) is 7.84. The van der Waals surface area contributed by atoms with Crippen molar-refractivity contribution in [3.05, 3.63) is 0 Å². The normalized spacial score (nSPS) is 45.0. The number of hydrogen-bond donors (Lipinski definition) is 2. The summed E-state index contributed by atoms with van der Waals surface area (Å²) in [6, 6.07) is 0.492. The average Bonchev–Trinajstić information content (AvgIpc) is 2.72. The molecule has 0 spiro atoms. The van der Waals surface area contributed by atoms with Gasteiger partial charge in [0.25, 0.3) is 0 Å². The lowest BCUT2D eigenvalue weighted by atomic mass is 10.1. The fourth-order valence-electron chi connectivity index (χ4n) is 1.95. The van der Waals surface area contributed by atoms with Crippen LogP contribution in [0.2, 0.25) is 0 Å². The minimum atomic E-state index is -0.352. The summed E-state index contributed by atoms with van der Waals surface area (Å²) in [5, 5.41) is 3.34. The second-order valence-corrected chi connectivity index (χ2v) is 4.40. The van der Waals surface area contributed by atoms with Crippen LogP contribution in [0, 0.1) is 11.8 Å². The van der Waals surface area contributed by atoms with E-state index in [9.17, 15) is 0 Å². The second-order valence-electron chi connectivity index (χ2n) is 4.40. The number of nitrogens with two attached hydrogens (primary N) is 1. The topological polar surface area (TPSA) is 47.3 Å². The molecule has 1 saturated carbocycles. The van der Waals surface area contributed by atoms with E-state index >= 15 is 0 Å². The SMILES string of the molecule is CC(C)NCC1(N)OCC2CC21. The van der Waals surface area contributed by atoms with Gasteiger partial charge in [-0.15, -0.1) is 0 Å². The van der Waals surface area contributed by atoms with E-state index in [4.69, 9.17) is 10.5 Å². The zero-order chi connectivity index (χ0) is 8.77. The minimum absolute atomic E-state index is 0.352. The highest BCUT2D eigenvalue weighted by molar-refractivity contribution is 5.05. The number of ether oxygens (including phenoxy) is 1. The molecule has 3 atom stereocenters. The standard InChI is InChI=1S/C9H18N2O/c1-6(2)11-5-9(10)8-3-7(8)4-12-9/h6-8,11H,3-5,10H2,1-2H3. The number of rotatable bonds is 3. The highest BCUT2D eigenvalue weighted by atomic mass is 16.5. The van der Waals surface area contributed by atoms with Crippen molar-refractivity contribution in [2.45, 2.75) is 32.0 Å². The second kappa shape index (κ2) is 2.69. The Hall–Kier alpha value is -0.120. The van der Waals surface area contributed by atoms with Crippen molar-refractivity contribution in [3.8, 4) is 0 Å². The fraction of sp³-hybridized carbons (Fsp3) is 1.00. The van der Waals surface area contributed by atoms with Crippen LogP contribution in [0.5, 0.6) is 0 Å². The fourth-order valence-corrected chi connectivity index (χ4v) is 1.95. The van der Waals surface area contributed by atoms with E-state index in [2.05, 4.69) is 19.2 Å². The van der Waals surface area contributed by atoms with Gasteiger partial charge >= 0.3 is 0 Å². The summed E-state index contributed by atoms with van der Waals surface area (Å²) >= 11 is 0. The molecule has 0 amide bonds. The van der Waals surface area contributed by atoms with E-state index in [0.717, 1.165) is 19.1 Å². The van der Waals surface area contributed by atoms with Gasteiger partial charge in [0.15, 0.2) is 0 Å². The van der Waals surface area contributed by atoms with E-state index in [0.29, 0.717) is 12.0 Å². The van der Waals surface area contributed by atoms with Crippen LogP contribution in [0.3, 0.4) is 0 Å². The summed E-state index contributed by atoms with van der Waals surface area (Å²) in [6.07, 6.45) is 1.27. The lowest BCUT2D eigenvalue weighted by Gasteiger charge is -2.27. The first-order valence-electron chi connectivity index (χ1n) is 4.78. The molecule has 0 aromatic carbocycles. The highest BCUT2D eigenvalue weighted by Crippen LogP contribution is 2.51. The molecule has 0 aromatic heterocycles. The third-order valence-corrected chi connectivity index (χ3v) is 2.90. The van der Waals surface area contributed by atoms with Gasteiger partial charge in [-0.05, 0) is 12.3 Å². The lowest BCUT2D eigenvalue weighted by Crippen LogP contribution is -2.52. The molecule has 12 heavy (non-hydrogen) atoms. The molecule has 0 aromatic rings. The summed E-state index contributed by atoms with van der Waals surface area (Å²) < 4.78 is 5.57. The number of nitrogens with one attached hydrogen (secondary N) is 1. The van der Waals surface area contributed by atoms with Crippen LogP contribution in [0.25, 0.3) is 0 Å². The molecule has 0 radical (unpaired) electrons. The summed E-state index contributed by atoms with van der Waals surface area (Å²) in [7, 11) is 0. The molecule has 1 aliphatic heterocycles. The minimum Gasteiger partial charge on any atom is -0.359 e. The van der Waals surface area contributed by atoms with E-state index in [1.807, 2.05) is 0 Å². The number of hydrogen-bond acceptors (Lipinski definition) is 3. The molecule has 2 aliphatic rings. The van der Waals surface area contributed by atoms with Crippen molar-refractivity contribution < 1.29 is 4.74 Å². The Morgan fingerprint density at radius 2 is 2.42 bits per heavy atom. The molecule has 70 valence electrons. The van der Waals surface area contributed by atoms with Gasteiger partial charge in [-0.25, -0.2) is 0 Å². The van der Waals surface area contributed by atoms with Gasteiger partial charge < -0.3 is 15.8 Å².